The Bertz CT molecular complexity index is 672. The first-order chi connectivity index (χ1) is 12.7. The van der Waals surface area contributed by atoms with Crippen LogP contribution in [0.5, 0.6) is 23.0 Å². The van der Waals surface area contributed by atoms with Crippen LogP contribution in [-0.2, 0) is 4.79 Å². The van der Waals surface area contributed by atoms with E-state index >= 15 is 0 Å². The van der Waals surface area contributed by atoms with Crippen molar-refractivity contribution in [1.29, 1.82) is 0 Å². The van der Waals surface area contributed by atoms with E-state index in [2.05, 4.69) is 5.32 Å². The van der Waals surface area contributed by atoms with Gasteiger partial charge in [-0.15, -0.1) is 0 Å². The maximum Gasteiger partial charge on any atom is 0.220 e. The average molecular weight is 359 g/mol. The topological polar surface area (TPSA) is 66.0 Å². The van der Waals surface area contributed by atoms with Crippen molar-refractivity contribution in [2.75, 3.05) is 34.0 Å². The molecule has 0 saturated carbocycles. The summed E-state index contributed by atoms with van der Waals surface area (Å²) in [5, 5.41) is 2.83. The van der Waals surface area contributed by atoms with Gasteiger partial charge in [0.15, 0.2) is 0 Å². The fourth-order valence-corrected chi connectivity index (χ4v) is 2.23. The van der Waals surface area contributed by atoms with Crippen molar-refractivity contribution < 1.29 is 23.7 Å². The predicted molar refractivity (Wildman–Crippen MR) is 99.2 cm³/mol. The Hall–Kier alpha value is -2.89. The number of nitrogens with one attached hydrogen (secondary N) is 1. The minimum absolute atomic E-state index is 0.0161. The highest BCUT2D eigenvalue weighted by Crippen LogP contribution is 2.18. The second-order valence-electron chi connectivity index (χ2n) is 5.50. The molecule has 0 heterocycles. The summed E-state index contributed by atoms with van der Waals surface area (Å²) in [7, 11) is 3.23. The number of benzene rings is 2. The van der Waals surface area contributed by atoms with Crippen molar-refractivity contribution in [3.63, 3.8) is 0 Å². The van der Waals surface area contributed by atoms with Crippen LogP contribution < -0.4 is 24.3 Å². The Kier molecular flexibility index (Phi) is 8.12. The number of methoxy groups -OCH3 is 2. The normalized spacial score (nSPS) is 10.1. The molecule has 0 aliphatic heterocycles. The molecule has 0 unspecified atom stereocenters. The fraction of sp³-hybridized carbons (Fsp3) is 0.350. The lowest BCUT2D eigenvalue weighted by atomic mass is 10.3. The first-order valence-electron chi connectivity index (χ1n) is 8.51. The average Bonchev–Trinajstić information content (AvgIpc) is 2.69. The van der Waals surface area contributed by atoms with Gasteiger partial charge >= 0.3 is 0 Å². The molecule has 1 N–H and O–H groups in total. The number of hydrogen-bond donors (Lipinski definition) is 1. The Balaban J connectivity index is 1.54. The van der Waals surface area contributed by atoms with Crippen LogP contribution in [0.4, 0.5) is 0 Å². The summed E-state index contributed by atoms with van der Waals surface area (Å²) in [4.78, 5) is 11.8. The van der Waals surface area contributed by atoms with Gasteiger partial charge in [-0.25, -0.2) is 0 Å². The molecule has 0 bridgehead atoms. The molecular formula is C20H25NO5. The molecule has 140 valence electrons. The molecule has 0 aliphatic carbocycles. The van der Waals surface area contributed by atoms with Crippen LogP contribution in [0.3, 0.4) is 0 Å². The summed E-state index contributed by atoms with van der Waals surface area (Å²) >= 11 is 0. The highest BCUT2D eigenvalue weighted by Gasteiger charge is 2.02. The molecule has 1 amide bonds. The summed E-state index contributed by atoms with van der Waals surface area (Å²) < 4.78 is 21.4. The minimum Gasteiger partial charge on any atom is -0.497 e. The van der Waals surface area contributed by atoms with Crippen LogP contribution in [0, 0.1) is 0 Å². The molecule has 2 aromatic rings. The van der Waals surface area contributed by atoms with E-state index in [4.69, 9.17) is 18.9 Å². The monoisotopic (exact) mass is 359 g/mol. The lowest BCUT2D eigenvalue weighted by molar-refractivity contribution is -0.121. The molecule has 0 radical (unpaired) electrons. The summed E-state index contributed by atoms with van der Waals surface area (Å²) in [5.41, 5.74) is 0. The molecule has 0 spiro atoms. The molecule has 26 heavy (non-hydrogen) atoms. The molecule has 2 aromatic carbocycles. The van der Waals surface area contributed by atoms with Gasteiger partial charge < -0.3 is 24.3 Å². The number of carbonyl (C=O) groups excluding carboxylic acids is 1. The summed E-state index contributed by atoms with van der Waals surface area (Å²) in [6, 6.07) is 14.7. The fourth-order valence-electron chi connectivity index (χ4n) is 2.23. The van der Waals surface area contributed by atoms with E-state index in [9.17, 15) is 4.79 Å². The van der Waals surface area contributed by atoms with Crippen LogP contribution in [0.2, 0.25) is 0 Å². The van der Waals surface area contributed by atoms with Gasteiger partial charge in [0, 0.05) is 12.5 Å². The number of hydrogen-bond acceptors (Lipinski definition) is 5. The molecule has 0 aromatic heterocycles. The number of amides is 1. The zero-order chi connectivity index (χ0) is 18.6. The predicted octanol–water partition coefficient (Wildman–Crippen LogP) is 3.06. The largest absolute Gasteiger partial charge is 0.497 e. The second kappa shape index (κ2) is 10.9. The second-order valence-corrected chi connectivity index (χ2v) is 5.50. The van der Waals surface area contributed by atoms with Gasteiger partial charge in [0.25, 0.3) is 0 Å². The van der Waals surface area contributed by atoms with Crippen molar-refractivity contribution >= 4 is 5.91 Å². The van der Waals surface area contributed by atoms with Gasteiger partial charge in [-0.2, -0.15) is 0 Å². The first-order valence-corrected chi connectivity index (χ1v) is 8.51. The third-order valence-corrected chi connectivity index (χ3v) is 3.61. The molecule has 0 fully saturated rings. The third kappa shape index (κ3) is 6.93. The summed E-state index contributed by atoms with van der Waals surface area (Å²) in [6.07, 6.45) is 1.06. The zero-order valence-corrected chi connectivity index (χ0v) is 15.2. The van der Waals surface area contributed by atoms with Gasteiger partial charge in [0.05, 0.1) is 27.4 Å². The molecule has 0 saturated heterocycles. The van der Waals surface area contributed by atoms with Crippen molar-refractivity contribution in [3.05, 3.63) is 48.5 Å². The van der Waals surface area contributed by atoms with E-state index in [1.54, 1.807) is 20.3 Å². The Labute approximate surface area is 154 Å². The van der Waals surface area contributed by atoms with Crippen molar-refractivity contribution in [1.82, 2.24) is 5.32 Å². The quantitative estimate of drug-likeness (QED) is 0.625. The summed E-state index contributed by atoms with van der Waals surface area (Å²) in [5.74, 6) is 2.98. The number of ether oxygens (including phenoxy) is 4. The van der Waals surface area contributed by atoms with Crippen LogP contribution in [0.25, 0.3) is 0 Å². The minimum atomic E-state index is -0.0161. The van der Waals surface area contributed by atoms with E-state index in [-0.39, 0.29) is 5.91 Å². The standard InChI is InChI=1S/C20H25NO5/c1-23-16-8-10-17(11-9-16)25-13-4-7-20(22)21-12-14-26-19-6-3-5-18(15-19)24-2/h3,5-6,8-11,15H,4,7,12-14H2,1-2H3,(H,21,22). The lowest BCUT2D eigenvalue weighted by Crippen LogP contribution is -2.28. The van der Waals surface area contributed by atoms with Crippen LogP contribution in [-0.4, -0.2) is 39.9 Å². The SMILES string of the molecule is COc1ccc(OCCCC(=O)NCCOc2cccc(OC)c2)cc1. The highest BCUT2D eigenvalue weighted by molar-refractivity contribution is 5.75. The molecule has 2 rings (SSSR count). The number of carbonyl (C=O) groups is 1. The van der Waals surface area contributed by atoms with Gasteiger partial charge in [-0.05, 0) is 42.8 Å². The van der Waals surface area contributed by atoms with Crippen LogP contribution in [0.1, 0.15) is 12.8 Å². The molecule has 0 atom stereocenters. The Morgan fingerprint density at radius 3 is 2.23 bits per heavy atom. The Morgan fingerprint density at radius 2 is 1.50 bits per heavy atom. The van der Waals surface area contributed by atoms with E-state index in [0.717, 1.165) is 17.2 Å². The van der Waals surface area contributed by atoms with Gasteiger partial charge in [0.2, 0.25) is 5.91 Å². The van der Waals surface area contributed by atoms with Gasteiger partial charge in [0.1, 0.15) is 29.6 Å². The maximum atomic E-state index is 11.8. The van der Waals surface area contributed by atoms with Gasteiger partial charge in [-0.1, -0.05) is 6.07 Å². The third-order valence-electron chi connectivity index (χ3n) is 3.61. The smallest absolute Gasteiger partial charge is 0.220 e. The highest BCUT2D eigenvalue weighted by atomic mass is 16.5. The molecule has 0 aliphatic rings. The lowest BCUT2D eigenvalue weighted by Gasteiger charge is -2.09. The Morgan fingerprint density at radius 1 is 0.846 bits per heavy atom. The van der Waals surface area contributed by atoms with Crippen molar-refractivity contribution in [2.24, 2.45) is 0 Å². The van der Waals surface area contributed by atoms with E-state index in [1.165, 1.54) is 0 Å². The van der Waals surface area contributed by atoms with E-state index < -0.39 is 0 Å². The van der Waals surface area contributed by atoms with Crippen molar-refractivity contribution in [2.45, 2.75) is 12.8 Å². The molecule has 6 heteroatoms. The van der Waals surface area contributed by atoms with Crippen LogP contribution >= 0.6 is 0 Å². The summed E-state index contributed by atoms with van der Waals surface area (Å²) in [6.45, 7) is 1.34. The molecular weight excluding hydrogens is 334 g/mol. The first kappa shape index (κ1) is 19.4. The zero-order valence-electron chi connectivity index (χ0n) is 15.2. The maximum absolute atomic E-state index is 11.8. The van der Waals surface area contributed by atoms with Crippen LogP contribution in [0.15, 0.2) is 48.5 Å². The van der Waals surface area contributed by atoms with Gasteiger partial charge in [-0.3, -0.25) is 4.79 Å². The van der Waals surface area contributed by atoms with E-state index in [1.807, 2.05) is 42.5 Å². The van der Waals surface area contributed by atoms with Crippen molar-refractivity contribution in [3.8, 4) is 23.0 Å². The molecule has 6 nitrogen and oxygen atoms in total. The van der Waals surface area contributed by atoms with E-state index in [0.29, 0.717) is 38.3 Å². The number of rotatable bonds is 11.